The Morgan fingerprint density at radius 3 is 2.93 bits per heavy atom. The summed E-state index contributed by atoms with van der Waals surface area (Å²) in [6.45, 7) is 1.05. The van der Waals surface area contributed by atoms with Gasteiger partial charge in [0.1, 0.15) is 0 Å². The molecule has 0 aliphatic heterocycles. The average molecular weight is 193 g/mol. The lowest BCUT2D eigenvalue weighted by Crippen LogP contribution is -2.12. The van der Waals surface area contributed by atoms with Gasteiger partial charge in [0.05, 0.1) is 0 Å². The van der Waals surface area contributed by atoms with E-state index in [2.05, 4.69) is 15.3 Å². The van der Waals surface area contributed by atoms with Crippen LogP contribution in [0, 0.1) is 5.92 Å². The van der Waals surface area contributed by atoms with Crippen LogP contribution in [0.2, 0.25) is 0 Å². The second-order valence-electron chi connectivity index (χ2n) is 4.16. The molecule has 0 aromatic carbocycles. The van der Waals surface area contributed by atoms with E-state index in [0.717, 1.165) is 18.4 Å². The molecule has 2 rings (SSSR count). The van der Waals surface area contributed by atoms with Gasteiger partial charge in [0, 0.05) is 18.9 Å². The normalized spacial score (nSPS) is 18.3. The molecule has 2 N–H and O–H groups in total. The van der Waals surface area contributed by atoms with Gasteiger partial charge in [-0.25, -0.2) is 4.98 Å². The van der Waals surface area contributed by atoms with Crippen molar-refractivity contribution in [2.75, 3.05) is 11.9 Å². The Hall–Kier alpha value is -0.990. The molecular weight excluding hydrogens is 174 g/mol. The third-order valence-corrected chi connectivity index (χ3v) is 3.07. The highest BCUT2D eigenvalue weighted by atomic mass is 15.1. The third-order valence-electron chi connectivity index (χ3n) is 3.07. The molecule has 14 heavy (non-hydrogen) atoms. The van der Waals surface area contributed by atoms with Gasteiger partial charge in [0.2, 0.25) is 0 Å². The molecule has 3 heteroatoms. The smallest absolute Gasteiger partial charge is 0.200 e. The van der Waals surface area contributed by atoms with Crippen LogP contribution >= 0.6 is 0 Å². The first-order chi connectivity index (χ1) is 6.95. The van der Waals surface area contributed by atoms with E-state index in [0.29, 0.717) is 0 Å². The van der Waals surface area contributed by atoms with Gasteiger partial charge in [-0.2, -0.15) is 0 Å². The Labute approximate surface area is 85.3 Å². The van der Waals surface area contributed by atoms with E-state index in [1.54, 1.807) is 6.20 Å². The van der Waals surface area contributed by atoms with Crippen molar-refractivity contribution in [1.82, 2.24) is 9.97 Å². The minimum atomic E-state index is 0.904. The van der Waals surface area contributed by atoms with Crippen molar-refractivity contribution < 1.29 is 0 Å². The SMILES string of the molecule is c1c[nH]c(NCCC2CCCCC2)n1. The lowest BCUT2D eigenvalue weighted by atomic mass is 9.87. The van der Waals surface area contributed by atoms with Crippen LogP contribution in [0.3, 0.4) is 0 Å². The molecule has 1 aliphatic carbocycles. The highest BCUT2D eigenvalue weighted by molar-refractivity contribution is 5.22. The third kappa shape index (κ3) is 2.76. The molecular formula is C11H19N3. The number of H-pyrrole nitrogens is 1. The zero-order chi connectivity index (χ0) is 9.64. The minimum absolute atomic E-state index is 0.904. The fourth-order valence-corrected chi connectivity index (χ4v) is 2.23. The Morgan fingerprint density at radius 1 is 1.36 bits per heavy atom. The van der Waals surface area contributed by atoms with Crippen LogP contribution in [0.1, 0.15) is 38.5 Å². The second-order valence-corrected chi connectivity index (χ2v) is 4.16. The van der Waals surface area contributed by atoms with Crippen LogP contribution in [0.5, 0.6) is 0 Å². The van der Waals surface area contributed by atoms with Crippen molar-refractivity contribution >= 4 is 5.95 Å². The molecule has 0 atom stereocenters. The summed E-state index contributed by atoms with van der Waals surface area (Å²) in [5.74, 6) is 1.85. The summed E-state index contributed by atoms with van der Waals surface area (Å²) in [5, 5.41) is 3.31. The van der Waals surface area contributed by atoms with Crippen LogP contribution in [0.4, 0.5) is 5.95 Å². The molecule has 1 fully saturated rings. The summed E-state index contributed by atoms with van der Waals surface area (Å²) in [6, 6.07) is 0. The fourth-order valence-electron chi connectivity index (χ4n) is 2.23. The van der Waals surface area contributed by atoms with Gasteiger partial charge in [-0.05, 0) is 12.3 Å². The molecule has 0 bridgehead atoms. The molecule has 3 nitrogen and oxygen atoms in total. The second kappa shape index (κ2) is 5.03. The van der Waals surface area contributed by atoms with Crippen LogP contribution in [0.15, 0.2) is 12.4 Å². The highest BCUT2D eigenvalue weighted by Gasteiger charge is 2.12. The Kier molecular flexibility index (Phi) is 3.44. The number of aromatic amines is 1. The van der Waals surface area contributed by atoms with Crippen molar-refractivity contribution in [1.29, 1.82) is 0 Å². The number of aromatic nitrogens is 2. The quantitative estimate of drug-likeness (QED) is 0.772. The van der Waals surface area contributed by atoms with Crippen LogP contribution in [0.25, 0.3) is 0 Å². The van der Waals surface area contributed by atoms with Gasteiger partial charge in [-0.15, -0.1) is 0 Å². The van der Waals surface area contributed by atoms with E-state index in [4.69, 9.17) is 0 Å². The minimum Gasteiger partial charge on any atom is -0.356 e. The predicted octanol–water partition coefficient (Wildman–Crippen LogP) is 2.79. The van der Waals surface area contributed by atoms with Crippen LogP contribution in [-0.4, -0.2) is 16.5 Å². The van der Waals surface area contributed by atoms with Crippen LogP contribution in [-0.2, 0) is 0 Å². The summed E-state index contributed by atoms with van der Waals surface area (Å²) in [6.07, 6.45) is 12.1. The van der Waals surface area contributed by atoms with Crippen molar-refractivity contribution in [3.05, 3.63) is 12.4 Å². The van der Waals surface area contributed by atoms with Crippen molar-refractivity contribution in [2.45, 2.75) is 38.5 Å². The first-order valence-corrected chi connectivity index (χ1v) is 5.68. The highest BCUT2D eigenvalue weighted by Crippen LogP contribution is 2.25. The van der Waals surface area contributed by atoms with Crippen molar-refractivity contribution in [2.24, 2.45) is 5.92 Å². The van der Waals surface area contributed by atoms with E-state index in [9.17, 15) is 0 Å². The molecule has 0 unspecified atom stereocenters. The lowest BCUT2D eigenvalue weighted by Gasteiger charge is -2.21. The molecule has 1 aromatic rings. The number of imidazole rings is 1. The average Bonchev–Trinajstić information content (AvgIpc) is 2.72. The number of hydrogen-bond donors (Lipinski definition) is 2. The van der Waals surface area contributed by atoms with Gasteiger partial charge < -0.3 is 10.3 Å². The first kappa shape index (κ1) is 9.56. The molecule has 1 saturated carbocycles. The molecule has 1 heterocycles. The Bertz CT molecular complexity index is 237. The summed E-state index contributed by atoms with van der Waals surface area (Å²) in [5.41, 5.74) is 0. The molecule has 1 aliphatic rings. The van der Waals surface area contributed by atoms with Gasteiger partial charge in [0.15, 0.2) is 5.95 Å². The Balaban J connectivity index is 1.62. The maximum Gasteiger partial charge on any atom is 0.200 e. The Morgan fingerprint density at radius 2 is 2.21 bits per heavy atom. The molecule has 0 saturated heterocycles. The first-order valence-electron chi connectivity index (χ1n) is 5.68. The van der Waals surface area contributed by atoms with Gasteiger partial charge in [-0.1, -0.05) is 32.1 Å². The number of anilines is 1. The van der Waals surface area contributed by atoms with E-state index in [1.165, 1.54) is 38.5 Å². The molecule has 1 aromatic heterocycles. The molecule has 0 radical (unpaired) electrons. The number of hydrogen-bond acceptors (Lipinski definition) is 2. The summed E-state index contributed by atoms with van der Waals surface area (Å²) >= 11 is 0. The summed E-state index contributed by atoms with van der Waals surface area (Å²) < 4.78 is 0. The molecule has 0 spiro atoms. The molecule has 78 valence electrons. The maximum absolute atomic E-state index is 4.13. The van der Waals surface area contributed by atoms with Gasteiger partial charge in [0.25, 0.3) is 0 Å². The lowest BCUT2D eigenvalue weighted by molar-refractivity contribution is 0.345. The monoisotopic (exact) mass is 193 g/mol. The topological polar surface area (TPSA) is 40.7 Å². The number of nitrogens with one attached hydrogen (secondary N) is 2. The van der Waals surface area contributed by atoms with Gasteiger partial charge in [-0.3, -0.25) is 0 Å². The zero-order valence-corrected chi connectivity index (χ0v) is 8.63. The maximum atomic E-state index is 4.13. The van der Waals surface area contributed by atoms with E-state index in [-0.39, 0.29) is 0 Å². The summed E-state index contributed by atoms with van der Waals surface area (Å²) in [7, 11) is 0. The molecule has 0 amide bonds. The summed E-state index contributed by atoms with van der Waals surface area (Å²) in [4.78, 5) is 7.18. The fraction of sp³-hybridized carbons (Fsp3) is 0.727. The number of nitrogens with zero attached hydrogens (tertiary/aromatic N) is 1. The predicted molar refractivity (Wildman–Crippen MR) is 58.3 cm³/mol. The van der Waals surface area contributed by atoms with Crippen molar-refractivity contribution in [3.8, 4) is 0 Å². The van der Waals surface area contributed by atoms with Crippen molar-refractivity contribution in [3.63, 3.8) is 0 Å². The number of rotatable bonds is 4. The van der Waals surface area contributed by atoms with Gasteiger partial charge >= 0.3 is 0 Å². The standard InChI is InChI=1S/C11H19N3/c1-2-4-10(5-3-1)6-7-12-11-13-8-9-14-11/h8-10H,1-7H2,(H2,12,13,14). The van der Waals surface area contributed by atoms with Crippen LogP contribution < -0.4 is 5.32 Å². The largest absolute Gasteiger partial charge is 0.356 e. The zero-order valence-electron chi connectivity index (χ0n) is 8.63. The van der Waals surface area contributed by atoms with E-state index >= 15 is 0 Å². The van der Waals surface area contributed by atoms with E-state index < -0.39 is 0 Å². The van der Waals surface area contributed by atoms with E-state index in [1.807, 2.05) is 6.20 Å².